The Labute approximate surface area is 124 Å². The Hall–Kier alpha value is -1.50. The second-order valence-corrected chi connectivity index (χ2v) is 5.58. The number of rotatable bonds is 3. The number of amides is 1. The Balaban J connectivity index is 1.64. The first-order valence-electron chi connectivity index (χ1n) is 7.58. The lowest BCUT2D eigenvalue weighted by Gasteiger charge is -2.36. The minimum atomic E-state index is -0.171. The molecule has 0 aromatic carbocycles. The molecule has 2 saturated heterocycles. The van der Waals surface area contributed by atoms with Crippen molar-refractivity contribution in [2.75, 3.05) is 19.8 Å². The summed E-state index contributed by atoms with van der Waals surface area (Å²) < 4.78 is 5.47. The molecule has 3 heterocycles. The van der Waals surface area contributed by atoms with Gasteiger partial charge in [-0.3, -0.25) is 9.78 Å². The van der Waals surface area contributed by atoms with Crippen molar-refractivity contribution in [2.24, 2.45) is 0 Å². The van der Waals surface area contributed by atoms with E-state index in [9.17, 15) is 4.79 Å². The fraction of sp³-hybridized carbons (Fsp3) is 0.600. The molecule has 3 rings (SSSR count). The van der Waals surface area contributed by atoms with Crippen LogP contribution in [-0.2, 0) is 9.53 Å². The Bertz CT molecular complexity index is 482. The van der Waals surface area contributed by atoms with Crippen molar-refractivity contribution >= 4 is 5.91 Å². The lowest BCUT2D eigenvalue weighted by Crippen LogP contribution is -2.54. The summed E-state index contributed by atoms with van der Waals surface area (Å²) in [7, 11) is 0. The molecule has 0 bridgehead atoms. The maximum Gasteiger partial charge on any atom is 0.241 e. The Morgan fingerprint density at radius 2 is 2.24 bits per heavy atom. The number of hydrogen-bond donors (Lipinski definition) is 2. The standard InChI is InChI=1S/C15H22N4O2/c1-2-12-10-21-8-7-19(12)15(20)14-9-13(17-18-14)11-3-5-16-6-4-11/h3-6,12-14,17-18H,2,7-10H2,1H3/t12-,13?,14?/m0/s1. The Morgan fingerprint density at radius 3 is 3.00 bits per heavy atom. The van der Waals surface area contributed by atoms with Crippen LogP contribution >= 0.6 is 0 Å². The molecule has 2 unspecified atom stereocenters. The average Bonchev–Trinajstić information content (AvgIpc) is 3.05. The summed E-state index contributed by atoms with van der Waals surface area (Å²) in [5, 5.41) is 0. The van der Waals surface area contributed by atoms with E-state index in [1.165, 1.54) is 0 Å². The molecular weight excluding hydrogens is 268 g/mol. The zero-order valence-electron chi connectivity index (χ0n) is 12.3. The first-order chi connectivity index (χ1) is 10.3. The van der Waals surface area contributed by atoms with Gasteiger partial charge in [0.15, 0.2) is 0 Å². The largest absolute Gasteiger partial charge is 0.377 e. The lowest BCUT2D eigenvalue weighted by molar-refractivity contribution is -0.142. The number of nitrogens with one attached hydrogen (secondary N) is 2. The smallest absolute Gasteiger partial charge is 0.241 e. The third-order valence-corrected chi connectivity index (χ3v) is 4.29. The van der Waals surface area contributed by atoms with Gasteiger partial charge in [-0.25, -0.2) is 10.9 Å². The Kier molecular flexibility index (Phi) is 4.48. The minimum Gasteiger partial charge on any atom is -0.377 e. The van der Waals surface area contributed by atoms with Crippen molar-refractivity contribution in [2.45, 2.75) is 37.9 Å². The number of morpholine rings is 1. The monoisotopic (exact) mass is 290 g/mol. The number of hydrogen-bond acceptors (Lipinski definition) is 5. The van der Waals surface area contributed by atoms with E-state index in [1.54, 1.807) is 12.4 Å². The van der Waals surface area contributed by atoms with Gasteiger partial charge in [0.05, 0.1) is 19.3 Å². The maximum absolute atomic E-state index is 12.7. The van der Waals surface area contributed by atoms with Crippen LogP contribution in [0.4, 0.5) is 0 Å². The van der Waals surface area contributed by atoms with Gasteiger partial charge < -0.3 is 9.64 Å². The van der Waals surface area contributed by atoms with Crippen LogP contribution in [0, 0.1) is 0 Å². The van der Waals surface area contributed by atoms with Gasteiger partial charge >= 0.3 is 0 Å². The van der Waals surface area contributed by atoms with Crippen molar-refractivity contribution in [1.29, 1.82) is 0 Å². The third kappa shape index (κ3) is 3.07. The van der Waals surface area contributed by atoms with Gasteiger partial charge in [-0.15, -0.1) is 0 Å². The minimum absolute atomic E-state index is 0.156. The summed E-state index contributed by atoms with van der Waals surface area (Å²) in [6, 6.07) is 4.15. The zero-order chi connectivity index (χ0) is 14.7. The van der Waals surface area contributed by atoms with Gasteiger partial charge in [0, 0.05) is 25.0 Å². The average molecular weight is 290 g/mol. The van der Waals surface area contributed by atoms with E-state index in [2.05, 4.69) is 22.8 Å². The first-order valence-corrected chi connectivity index (χ1v) is 7.58. The van der Waals surface area contributed by atoms with Crippen LogP contribution in [0.25, 0.3) is 0 Å². The molecule has 2 fully saturated rings. The van der Waals surface area contributed by atoms with Crippen molar-refractivity contribution in [3.8, 4) is 0 Å². The Morgan fingerprint density at radius 1 is 1.43 bits per heavy atom. The number of pyridine rings is 1. The van der Waals surface area contributed by atoms with E-state index in [0.717, 1.165) is 18.4 Å². The lowest BCUT2D eigenvalue weighted by atomic mass is 10.0. The fourth-order valence-corrected chi connectivity index (χ4v) is 3.02. The molecule has 0 spiro atoms. The van der Waals surface area contributed by atoms with Crippen LogP contribution in [0.15, 0.2) is 24.5 Å². The van der Waals surface area contributed by atoms with Crippen LogP contribution in [0.5, 0.6) is 0 Å². The highest BCUT2D eigenvalue weighted by atomic mass is 16.5. The molecule has 21 heavy (non-hydrogen) atoms. The van der Waals surface area contributed by atoms with Gasteiger partial charge in [0.25, 0.3) is 0 Å². The van der Waals surface area contributed by atoms with Gasteiger partial charge in [-0.1, -0.05) is 6.92 Å². The van der Waals surface area contributed by atoms with E-state index >= 15 is 0 Å². The molecule has 3 atom stereocenters. The van der Waals surface area contributed by atoms with E-state index in [-0.39, 0.29) is 24.0 Å². The van der Waals surface area contributed by atoms with Gasteiger partial charge in [-0.2, -0.15) is 0 Å². The molecule has 1 aromatic rings. The highest BCUT2D eigenvalue weighted by molar-refractivity contribution is 5.82. The van der Waals surface area contributed by atoms with E-state index in [4.69, 9.17) is 4.74 Å². The fourth-order valence-electron chi connectivity index (χ4n) is 3.02. The van der Waals surface area contributed by atoms with E-state index < -0.39 is 0 Å². The summed E-state index contributed by atoms with van der Waals surface area (Å²) in [6.45, 7) is 4.07. The van der Waals surface area contributed by atoms with Gasteiger partial charge in [0.1, 0.15) is 6.04 Å². The number of carbonyl (C=O) groups excluding carboxylic acids is 1. The van der Waals surface area contributed by atoms with Crippen molar-refractivity contribution < 1.29 is 9.53 Å². The normalized spacial score (nSPS) is 29.6. The predicted octanol–water partition coefficient (Wildman–Crippen LogP) is 0.627. The molecule has 6 nitrogen and oxygen atoms in total. The molecule has 0 saturated carbocycles. The quantitative estimate of drug-likeness (QED) is 0.854. The molecule has 2 aliphatic rings. The summed E-state index contributed by atoms with van der Waals surface area (Å²) in [4.78, 5) is 18.7. The van der Waals surface area contributed by atoms with Crippen LogP contribution in [0.3, 0.4) is 0 Å². The second kappa shape index (κ2) is 6.51. The highest BCUT2D eigenvalue weighted by Gasteiger charge is 2.36. The van der Waals surface area contributed by atoms with Crippen molar-refractivity contribution in [3.05, 3.63) is 30.1 Å². The second-order valence-electron chi connectivity index (χ2n) is 5.58. The third-order valence-electron chi connectivity index (χ3n) is 4.29. The van der Waals surface area contributed by atoms with Crippen LogP contribution in [0.1, 0.15) is 31.4 Å². The van der Waals surface area contributed by atoms with Crippen molar-refractivity contribution in [1.82, 2.24) is 20.7 Å². The predicted molar refractivity (Wildman–Crippen MR) is 78.3 cm³/mol. The number of nitrogens with zero attached hydrogens (tertiary/aromatic N) is 2. The maximum atomic E-state index is 12.7. The molecular formula is C15H22N4O2. The number of aromatic nitrogens is 1. The van der Waals surface area contributed by atoms with Gasteiger partial charge in [-0.05, 0) is 30.5 Å². The molecule has 6 heteroatoms. The van der Waals surface area contributed by atoms with Crippen LogP contribution in [-0.4, -0.2) is 47.6 Å². The number of ether oxygens (including phenoxy) is 1. The first kappa shape index (κ1) is 14.4. The molecule has 1 amide bonds. The SMILES string of the molecule is CC[C@H]1COCCN1C(=O)C1CC(c2ccncc2)NN1. The molecule has 0 aliphatic carbocycles. The van der Waals surface area contributed by atoms with Gasteiger partial charge in [0.2, 0.25) is 5.91 Å². The summed E-state index contributed by atoms with van der Waals surface area (Å²) in [6.07, 6.45) is 5.25. The molecule has 2 aliphatic heterocycles. The summed E-state index contributed by atoms with van der Waals surface area (Å²) in [5.74, 6) is 0.175. The zero-order valence-corrected chi connectivity index (χ0v) is 12.3. The molecule has 2 N–H and O–H groups in total. The number of hydrazine groups is 1. The number of carbonyl (C=O) groups is 1. The summed E-state index contributed by atoms with van der Waals surface area (Å²) in [5.41, 5.74) is 7.52. The van der Waals surface area contributed by atoms with Crippen molar-refractivity contribution in [3.63, 3.8) is 0 Å². The van der Waals surface area contributed by atoms with Crippen LogP contribution < -0.4 is 10.9 Å². The molecule has 114 valence electrons. The summed E-state index contributed by atoms with van der Waals surface area (Å²) >= 11 is 0. The molecule has 0 radical (unpaired) electrons. The molecule has 1 aromatic heterocycles. The van der Waals surface area contributed by atoms with E-state index in [1.807, 2.05) is 17.0 Å². The highest BCUT2D eigenvalue weighted by Crippen LogP contribution is 2.23. The van der Waals surface area contributed by atoms with Crippen LogP contribution in [0.2, 0.25) is 0 Å². The topological polar surface area (TPSA) is 66.5 Å². The van der Waals surface area contributed by atoms with E-state index in [0.29, 0.717) is 19.8 Å².